The van der Waals surface area contributed by atoms with Crippen molar-refractivity contribution >= 4 is 45.2 Å². The second-order valence-corrected chi connectivity index (χ2v) is 6.12. The number of nitrogens with zero attached hydrogens (tertiary/aromatic N) is 5. The van der Waals surface area contributed by atoms with E-state index in [9.17, 15) is 13.6 Å². The summed E-state index contributed by atoms with van der Waals surface area (Å²) >= 11 is 2.00. The van der Waals surface area contributed by atoms with Crippen molar-refractivity contribution in [3.8, 4) is 5.95 Å². The summed E-state index contributed by atoms with van der Waals surface area (Å²) in [6.07, 6.45) is 2.80. The highest BCUT2D eigenvalue weighted by molar-refractivity contribution is 14.1. The van der Waals surface area contributed by atoms with Crippen molar-refractivity contribution in [3.63, 3.8) is 0 Å². The molecule has 0 aliphatic heterocycles. The van der Waals surface area contributed by atoms with Gasteiger partial charge in [0.2, 0.25) is 5.91 Å². The molecule has 24 heavy (non-hydrogen) atoms. The van der Waals surface area contributed by atoms with E-state index in [1.807, 2.05) is 22.6 Å². The number of amides is 1. The van der Waals surface area contributed by atoms with Gasteiger partial charge in [-0.05, 0) is 28.7 Å². The van der Waals surface area contributed by atoms with Crippen LogP contribution in [0, 0.1) is 3.70 Å². The first-order chi connectivity index (χ1) is 11.3. The number of fused-ring (bicyclic) bond motifs is 1. The second kappa shape index (κ2) is 6.00. The van der Waals surface area contributed by atoms with E-state index in [0.717, 1.165) is 13.0 Å². The van der Waals surface area contributed by atoms with Crippen LogP contribution in [-0.4, -0.2) is 30.6 Å². The minimum atomic E-state index is -3.09. The normalized spacial score (nSPS) is 11.7. The number of carbonyl (C=O) groups excluding carboxylic acids is 1. The Bertz CT molecular complexity index is 937. The minimum absolute atomic E-state index is 0.0157. The smallest absolute Gasteiger partial charge is 0.287 e. The number of hydrogen-bond donors (Lipinski definition) is 1. The van der Waals surface area contributed by atoms with Gasteiger partial charge >= 0.3 is 0 Å². The highest BCUT2D eigenvalue weighted by atomic mass is 127. The number of hydrogen-bond acceptors (Lipinski definition) is 5. The summed E-state index contributed by atoms with van der Waals surface area (Å²) in [6.45, 7) is 2.13. The van der Waals surface area contributed by atoms with Crippen LogP contribution in [0.25, 0.3) is 16.9 Å². The lowest BCUT2D eigenvalue weighted by Crippen LogP contribution is -2.13. The van der Waals surface area contributed by atoms with E-state index >= 15 is 0 Å². The summed E-state index contributed by atoms with van der Waals surface area (Å²) in [5, 5.41) is 7.55. The Morgan fingerprint density at radius 1 is 1.38 bits per heavy atom. The standard InChI is InChI=1S/C14H11F2IN6O/c1-7(24)20-11-5-9-8(6-19-11)12(17)22-23(9)13-18-4-3-10(21-13)14(2,15)16/h3-6H,1-2H3,(H,19,20,24). The van der Waals surface area contributed by atoms with Gasteiger partial charge in [0, 0.05) is 32.3 Å². The van der Waals surface area contributed by atoms with Crippen LogP contribution in [0.4, 0.5) is 14.6 Å². The molecule has 0 atom stereocenters. The van der Waals surface area contributed by atoms with Gasteiger partial charge in [-0.2, -0.15) is 18.6 Å². The van der Waals surface area contributed by atoms with Crippen LogP contribution in [0.15, 0.2) is 24.5 Å². The average Bonchev–Trinajstić information content (AvgIpc) is 2.83. The van der Waals surface area contributed by atoms with Crippen molar-refractivity contribution in [2.45, 2.75) is 19.8 Å². The molecule has 0 aliphatic carbocycles. The number of nitrogens with one attached hydrogen (secondary N) is 1. The molecule has 0 radical (unpaired) electrons. The van der Waals surface area contributed by atoms with E-state index in [0.29, 0.717) is 20.4 Å². The molecule has 0 saturated carbocycles. The first kappa shape index (κ1) is 16.6. The lowest BCUT2D eigenvalue weighted by atomic mass is 10.2. The summed E-state index contributed by atoms with van der Waals surface area (Å²) < 4.78 is 29.0. The maximum atomic E-state index is 13.5. The molecule has 0 saturated heterocycles. The Balaban J connectivity index is 2.17. The van der Waals surface area contributed by atoms with E-state index in [1.165, 1.54) is 17.8 Å². The van der Waals surface area contributed by atoms with Crippen LogP contribution in [0.3, 0.4) is 0 Å². The number of alkyl halides is 2. The van der Waals surface area contributed by atoms with Gasteiger partial charge in [0.1, 0.15) is 15.2 Å². The summed E-state index contributed by atoms with van der Waals surface area (Å²) in [6, 6.07) is 2.75. The molecule has 124 valence electrons. The third-order valence-electron chi connectivity index (χ3n) is 3.11. The van der Waals surface area contributed by atoms with Gasteiger partial charge in [-0.25, -0.2) is 15.0 Å². The highest BCUT2D eigenvalue weighted by Gasteiger charge is 2.27. The molecule has 3 aromatic rings. The summed E-state index contributed by atoms with van der Waals surface area (Å²) in [5.41, 5.74) is 0.150. The predicted octanol–water partition coefficient (Wildman–Crippen LogP) is 2.89. The van der Waals surface area contributed by atoms with Crippen LogP contribution in [0.1, 0.15) is 19.5 Å². The zero-order valence-corrected chi connectivity index (χ0v) is 14.7. The Hall–Kier alpha value is -2.24. The summed E-state index contributed by atoms with van der Waals surface area (Å²) in [7, 11) is 0. The van der Waals surface area contributed by atoms with Gasteiger partial charge in [0.15, 0.2) is 0 Å². The summed E-state index contributed by atoms with van der Waals surface area (Å²) in [5.74, 6) is -3.02. The molecule has 7 nitrogen and oxygen atoms in total. The van der Waals surface area contributed by atoms with E-state index in [1.54, 1.807) is 12.3 Å². The number of carbonyl (C=O) groups is 1. The molecule has 1 N–H and O–H groups in total. The molecule has 0 aliphatic rings. The van der Waals surface area contributed by atoms with Crippen molar-refractivity contribution in [1.29, 1.82) is 0 Å². The van der Waals surface area contributed by atoms with Gasteiger partial charge in [-0.3, -0.25) is 4.79 Å². The van der Waals surface area contributed by atoms with Crippen molar-refractivity contribution in [2.75, 3.05) is 5.32 Å². The molecule has 1 amide bonds. The monoisotopic (exact) mass is 444 g/mol. The lowest BCUT2D eigenvalue weighted by Gasteiger charge is -2.10. The van der Waals surface area contributed by atoms with Crippen LogP contribution >= 0.6 is 22.6 Å². The first-order valence-electron chi connectivity index (χ1n) is 6.79. The van der Waals surface area contributed by atoms with Gasteiger partial charge in [-0.15, -0.1) is 0 Å². The van der Waals surface area contributed by atoms with Gasteiger partial charge in [0.25, 0.3) is 11.9 Å². The van der Waals surface area contributed by atoms with Crippen molar-refractivity contribution in [2.24, 2.45) is 0 Å². The number of aromatic nitrogens is 5. The molecular weight excluding hydrogens is 433 g/mol. The maximum Gasteiger partial charge on any atom is 0.287 e. The zero-order valence-electron chi connectivity index (χ0n) is 12.6. The number of pyridine rings is 1. The van der Waals surface area contributed by atoms with Crippen LogP contribution in [0.5, 0.6) is 0 Å². The van der Waals surface area contributed by atoms with Crippen molar-refractivity contribution in [1.82, 2.24) is 24.7 Å². The van der Waals surface area contributed by atoms with E-state index in [2.05, 4.69) is 25.4 Å². The Kier molecular flexibility index (Phi) is 4.15. The average molecular weight is 444 g/mol. The Morgan fingerprint density at radius 2 is 2.12 bits per heavy atom. The van der Waals surface area contributed by atoms with Crippen LogP contribution < -0.4 is 5.32 Å². The van der Waals surface area contributed by atoms with Crippen molar-refractivity contribution < 1.29 is 13.6 Å². The third-order valence-corrected chi connectivity index (χ3v) is 3.90. The van der Waals surface area contributed by atoms with Crippen LogP contribution in [0.2, 0.25) is 0 Å². The molecule has 0 bridgehead atoms. The van der Waals surface area contributed by atoms with E-state index in [4.69, 9.17) is 0 Å². The molecule has 3 rings (SSSR count). The topological polar surface area (TPSA) is 85.6 Å². The van der Waals surface area contributed by atoms with Gasteiger partial charge in [-0.1, -0.05) is 0 Å². The number of rotatable bonds is 3. The lowest BCUT2D eigenvalue weighted by molar-refractivity contribution is -0.114. The Labute approximate surface area is 148 Å². The molecule has 0 aromatic carbocycles. The van der Waals surface area contributed by atoms with Crippen molar-refractivity contribution in [3.05, 3.63) is 33.9 Å². The summed E-state index contributed by atoms with van der Waals surface area (Å²) in [4.78, 5) is 23.2. The predicted molar refractivity (Wildman–Crippen MR) is 91.0 cm³/mol. The minimum Gasteiger partial charge on any atom is -0.311 e. The second-order valence-electron chi connectivity index (χ2n) is 5.10. The fourth-order valence-corrected chi connectivity index (χ4v) is 2.70. The first-order valence-corrected chi connectivity index (χ1v) is 7.87. The van der Waals surface area contributed by atoms with E-state index in [-0.39, 0.29) is 11.9 Å². The molecular formula is C14H11F2IN6O. The third kappa shape index (κ3) is 3.18. The van der Waals surface area contributed by atoms with E-state index < -0.39 is 11.6 Å². The largest absolute Gasteiger partial charge is 0.311 e. The Morgan fingerprint density at radius 3 is 2.79 bits per heavy atom. The fourth-order valence-electron chi connectivity index (χ4n) is 2.07. The van der Waals surface area contributed by atoms with Gasteiger partial charge in [0.05, 0.1) is 10.9 Å². The molecule has 0 fully saturated rings. The zero-order chi connectivity index (χ0) is 17.5. The molecule has 0 spiro atoms. The number of anilines is 1. The molecule has 0 unspecified atom stereocenters. The molecule has 3 heterocycles. The highest BCUT2D eigenvalue weighted by Crippen LogP contribution is 2.27. The SMILES string of the molecule is CC(=O)Nc1cc2c(cn1)c(I)nn2-c1nccc(C(C)(F)F)n1. The van der Waals surface area contributed by atoms with Gasteiger partial charge < -0.3 is 5.32 Å². The fraction of sp³-hybridized carbons (Fsp3) is 0.214. The molecule has 10 heteroatoms. The quantitative estimate of drug-likeness (QED) is 0.629. The van der Waals surface area contributed by atoms with Crippen LogP contribution in [-0.2, 0) is 10.7 Å². The maximum absolute atomic E-state index is 13.5. The molecule has 3 aromatic heterocycles. The number of halogens is 3.